The normalized spacial score (nSPS) is 17.9. The van der Waals surface area contributed by atoms with E-state index >= 15 is 0 Å². The number of fused-ring (bicyclic) bond motifs is 1. The third-order valence-corrected chi connectivity index (χ3v) is 7.43. The van der Waals surface area contributed by atoms with Crippen LogP contribution in [0.1, 0.15) is 81.0 Å². The summed E-state index contributed by atoms with van der Waals surface area (Å²) in [4.78, 5) is 7.73. The van der Waals surface area contributed by atoms with Crippen LogP contribution < -0.4 is 10.2 Å². The molecule has 0 unspecified atom stereocenters. The van der Waals surface area contributed by atoms with E-state index in [1.54, 1.807) is 0 Å². The molecule has 0 aliphatic heterocycles. The Hall–Kier alpha value is -2.81. The van der Waals surface area contributed by atoms with Crippen molar-refractivity contribution in [2.45, 2.75) is 70.6 Å². The largest absolute Gasteiger partial charge is 0.388 e. The number of rotatable bonds is 11. The predicted molar refractivity (Wildman–Crippen MR) is 147 cm³/mol. The zero-order valence-corrected chi connectivity index (χ0v) is 21.4. The van der Waals surface area contributed by atoms with Crippen molar-refractivity contribution >= 4 is 11.4 Å². The second kappa shape index (κ2) is 11.1. The van der Waals surface area contributed by atoms with E-state index in [2.05, 4.69) is 67.7 Å². The lowest BCUT2D eigenvalue weighted by atomic mass is 9.96. The molecule has 180 valence electrons. The average Bonchev–Trinajstić information content (AvgIpc) is 3.67. The number of hydrogen-bond acceptors (Lipinski definition) is 3. The molecule has 4 rings (SSSR count). The number of anilines is 1. The molecule has 1 aromatic rings. The van der Waals surface area contributed by atoms with Crippen LogP contribution in [0.15, 0.2) is 72.0 Å². The molecule has 0 atom stereocenters. The van der Waals surface area contributed by atoms with Gasteiger partial charge in [0.15, 0.2) is 0 Å². The Morgan fingerprint density at radius 1 is 1.26 bits per heavy atom. The molecule has 1 N–H and O–H groups in total. The summed E-state index contributed by atoms with van der Waals surface area (Å²) in [5, 5.41) is 3.33. The molecular formula is C31H41N3. The van der Waals surface area contributed by atoms with Crippen LogP contribution in [0, 0.1) is 0 Å². The lowest BCUT2D eigenvalue weighted by Crippen LogP contribution is -2.22. The highest BCUT2D eigenvalue weighted by Gasteiger charge is 2.33. The van der Waals surface area contributed by atoms with Gasteiger partial charge in [-0.2, -0.15) is 0 Å². The maximum absolute atomic E-state index is 5.33. The highest BCUT2D eigenvalue weighted by atomic mass is 15.2. The first-order chi connectivity index (χ1) is 16.6. The standard InChI is InChI=1S/C31H41N3/c1-6-23(7-2)14-12-13-19-34(5)31-27(25-17-18-25)20-28-29(33-31)21-26(30(28)22(3)32-4)24-15-10-8-9-11-16-24/h6-7,10,15-16,20,25,32H,1,3,8-9,11-14,17-19,21H2,2,4-5H3/b23-7-. The van der Waals surface area contributed by atoms with Crippen LogP contribution in [-0.4, -0.2) is 25.6 Å². The summed E-state index contributed by atoms with van der Waals surface area (Å²) in [6.07, 6.45) is 21.6. The zero-order chi connectivity index (χ0) is 24.1. The summed E-state index contributed by atoms with van der Waals surface area (Å²) in [6, 6.07) is 2.45. The molecule has 1 heterocycles. The third kappa shape index (κ3) is 5.29. The molecule has 1 aromatic heterocycles. The third-order valence-electron chi connectivity index (χ3n) is 7.43. The lowest BCUT2D eigenvalue weighted by molar-refractivity contribution is 0.712. The monoisotopic (exact) mass is 455 g/mol. The van der Waals surface area contributed by atoms with Crippen molar-refractivity contribution in [1.82, 2.24) is 10.3 Å². The van der Waals surface area contributed by atoms with Crippen molar-refractivity contribution in [2.24, 2.45) is 0 Å². The average molecular weight is 456 g/mol. The fraction of sp³-hybridized carbons (Fsp3) is 0.452. The number of nitrogens with zero attached hydrogens (tertiary/aromatic N) is 2. The Morgan fingerprint density at radius 2 is 2.09 bits per heavy atom. The highest BCUT2D eigenvalue weighted by Crippen LogP contribution is 2.48. The van der Waals surface area contributed by atoms with E-state index in [0.29, 0.717) is 5.92 Å². The van der Waals surface area contributed by atoms with Gasteiger partial charge in [-0.25, -0.2) is 4.98 Å². The molecule has 1 saturated carbocycles. The number of pyridine rings is 1. The summed E-state index contributed by atoms with van der Waals surface area (Å²) in [7, 11) is 4.20. The number of hydrogen-bond donors (Lipinski definition) is 1. The fourth-order valence-corrected chi connectivity index (χ4v) is 5.19. The van der Waals surface area contributed by atoms with E-state index in [9.17, 15) is 0 Å². The van der Waals surface area contributed by atoms with Gasteiger partial charge in [-0.1, -0.05) is 49.1 Å². The minimum atomic E-state index is 0.649. The summed E-state index contributed by atoms with van der Waals surface area (Å²) in [5.74, 6) is 1.84. The van der Waals surface area contributed by atoms with Gasteiger partial charge in [-0.3, -0.25) is 0 Å². The summed E-state index contributed by atoms with van der Waals surface area (Å²) < 4.78 is 0. The van der Waals surface area contributed by atoms with Gasteiger partial charge in [0.1, 0.15) is 5.82 Å². The second-order valence-electron chi connectivity index (χ2n) is 9.87. The van der Waals surface area contributed by atoms with Gasteiger partial charge in [0.05, 0.1) is 5.69 Å². The smallest absolute Gasteiger partial charge is 0.132 e. The van der Waals surface area contributed by atoms with Crippen LogP contribution >= 0.6 is 0 Å². The van der Waals surface area contributed by atoms with Gasteiger partial charge >= 0.3 is 0 Å². The van der Waals surface area contributed by atoms with Crippen LogP contribution in [0.2, 0.25) is 0 Å². The van der Waals surface area contributed by atoms with Crippen molar-refractivity contribution in [2.75, 3.05) is 25.5 Å². The molecule has 0 spiro atoms. The zero-order valence-electron chi connectivity index (χ0n) is 21.4. The van der Waals surface area contributed by atoms with Crippen molar-refractivity contribution < 1.29 is 0 Å². The molecule has 0 radical (unpaired) electrons. The van der Waals surface area contributed by atoms with Gasteiger partial charge in [0, 0.05) is 43.9 Å². The van der Waals surface area contributed by atoms with Crippen LogP contribution in [-0.2, 0) is 6.42 Å². The molecule has 0 saturated heterocycles. The minimum absolute atomic E-state index is 0.649. The Balaban J connectivity index is 1.61. The maximum atomic E-state index is 5.33. The number of unbranched alkanes of at least 4 members (excludes halogenated alkanes) is 1. The molecule has 34 heavy (non-hydrogen) atoms. The Labute approximate surface area is 206 Å². The topological polar surface area (TPSA) is 28.2 Å². The van der Waals surface area contributed by atoms with E-state index in [0.717, 1.165) is 44.3 Å². The molecule has 0 amide bonds. The summed E-state index contributed by atoms with van der Waals surface area (Å²) >= 11 is 0. The fourth-order valence-electron chi connectivity index (χ4n) is 5.19. The summed E-state index contributed by atoms with van der Waals surface area (Å²) in [5.41, 5.74) is 10.3. The number of nitrogens with one attached hydrogen (secondary N) is 1. The van der Waals surface area contributed by atoms with Gasteiger partial charge in [-0.15, -0.1) is 0 Å². The first-order valence-corrected chi connectivity index (χ1v) is 13.1. The predicted octanol–water partition coefficient (Wildman–Crippen LogP) is 7.41. The SMILES string of the molecule is C=C/C(=C/C)CCCCN(C)c1nc2c(cc1C1CC1)C(C(=C)NC)=C(C1=CCCCC=C1)C2. The van der Waals surface area contributed by atoms with Gasteiger partial charge < -0.3 is 10.2 Å². The van der Waals surface area contributed by atoms with Crippen LogP contribution in [0.3, 0.4) is 0 Å². The first-order valence-electron chi connectivity index (χ1n) is 13.1. The number of aromatic nitrogens is 1. The quantitative estimate of drug-likeness (QED) is 0.278. The number of likely N-dealkylation sites (N-methyl/N-ethyl adjacent to an activating group) is 1. The van der Waals surface area contributed by atoms with Gasteiger partial charge in [0.2, 0.25) is 0 Å². The molecule has 3 aliphatic rings. The highest BCUT2D eigenvalue weighted by molar-refractivity contribution is 5.89. The van der Waals surface area contributed by atoms with Gasteiger partial charge in [0.25, 0.3) is 0 Å². The van der Waals surface area contributed by atoms with Crippen LogP contribution in [0.5, 0.6) is 0 Å². The molecule has 3 nitrogen and oxygen atoms in total. The second-order valence-corrected chi connectivity index (χ2v) is 9.87. The van der Waals surface area contributed by atoms with Gasteiger partial charge in [-0.05, 0) is 87.0 Å². The Kier molecular flexibility index (Phi) is 7.92. The minimum Gasteiger partial charge on any atom is -0.388 e. The molecule has 1 fully saturated rings. The Morgan fingerprint density at radius 3 is 2.79 bits per heavy atom. The van der Waals surface area contributed by atoms with E-state index in [-0.39, 0.29) is 0 Å². The van der Waals surface area contributed by atoms with E-state index in [1.807, 2.05) is 13.1 Å². The molecule has 3 heteroatoms. The van der Waals surface area contributed by atoms with Crippen molar-refractivity contribution in [3.63, 3.8) is 0 Å². The first kappa shape index (κ1) is 24.3. The van der Waals surface area contributed by atoms with E-state index in [1.165, 1.54) is 70.6 Å². The molecule has 0 bridgehead atoms. The molecule has 0 aromatic carbocycles. The molecule has 3 aliphatic carbocycles. The summed E-state index contributed by atoms with van der Waals surface area (Å²) in [6.45, 7) is 11.4. The maximum Gasteiger partial charge on any atom is 0.132 e. The van der Waals surface area contributed by atoms with Crippen molar-refractivity contribution in [3.05, 3.63) is 88.8 Å². The van der Waals surface area contributed by atoms with E-state index < -0.39 is 0 Å². The van der Waals surface area contributed by atoms with Crippen molar-refractivity contribution in [1.29, 1.82) is 0 Å². The molecular weight excluding hydrogens is 414 g/mol. The van der Waals surface area contributed by atoms with Crippen molar-refractivity contribution in [3.8, 4) is 0 Å². The van der Waals surface area contributed by atoms with Crippen LogP contribution in [0.25, 0.3) is 5.57 Å². The number of allylic oxidation sites excluding steroid dienone is 9. The van der Waals surface area contributed by atoms with E-state index in [4.69, 9.17) is 4.98 Å². The Bertz CT molecular complexity index is 1060. The lowest BCUT2D eigenvalue weighted by Gasteiger charge is -2.23. The van der Waals surface area contributed by atoms with Crippen LogP contribution in [0.4, 0.5) is 5.82 Å².